The van der Waals surface area contributed by atoms with E-state index in [-0.39, 0.29) is 6.61 Å². The monoisotopic (exact) mass is 329 g/mol. The minimum absolute atomic E-state index is 0.00386. The van der Waals surface area contributed by atoms with E-state index in [2.05, 4.69) is 11.8 Å². The molecule has 0 aliphatic heterocycles. The highest BCUT2D eigenvalue weighted by Gasteiger charge is 2.20. The molecule has 0 unspecified atom stereocenters. The Labute approximate surface area is 144 Å². The molecule has 1 atom stereocenters. The van der Waals surface area contributed by atoms with Crippen LogP contribution in [0.3, 0.4) is 0 Å². The van der Waals surface area contributed by atoms with Crippen LogP contribution in [0.5, 0.6) is 0 Å². The number of hydrogen-bond donors (Lipinski definition) is 1. The molecule has 0 bridgehead atoms. The number of aliphatic hydroxyl groups is 1. The van der Waals surface area contributed by atoms with Gasteiger partial charge in [0.05, 0.1) is 6.54 Å². The van der Waals surface area contributed by atoms with E-state index in [1.165, 1.54) is 37.7 Å². The van der Waals surface area contributed by atoms with Crippen molar-refractivity contribution in [3.8, 4) is 11.8 Å². The summed E-state index contributed by atoms with van der Waals surface area (Å²) in [6.45, 7) is 0.618. The van der Waals surface area contributed by atoms with Crippen LogP contribution in [0.25, 0.3) is 0 Å². The van der Waals surface area contributed by atoms with Crippen molar-refractivity contribution < 1.29 is 14.6 Å². The van der Waals surface area contributed by atoms with Crippen LogP contribution in [0.15, 0.2) is 24.3 Å². The van der Waals surface area contributed by atoms with E-state index < -0.39 is 12.1 Å². The van der Waals surface area contributed by atoms with E-state index in [1.54, 1.807) is 0 Å². The molecule has 1 aromatic carbocycles. The Morgan fingerprint density at radius 3 is 2.50 bits per heavy atom. The van der Waals surface area contributed by atoms with Crippen molar-refractivity contribution in [3.63, 3.8) is 0 Å². The normalized spacial score (nSPS) is 16.3. The summed E-state index contributed by atoms with van der Waals surface area (Å²) >= 11 is 0. The first-order valence-electron chi connectivity index (χ1n) is 8.63. The Morgan fingerprint density at radius 2 is 1.88 bits per heavy atom. The molecule has 0 aromatic heterocycles. The van der Waals surface area contributed by atoms with Crippen molar-refractivity contribution in [1.82, 2.24) is 4.90 Å². The molecule has 130 valence electrons. The zero-order chi connectivity index (χ0) is 17.4. The first kappa shape index (κ1) is 18.5. The summed E-state index contributed by atoms with van der Waals surface area (Å²) < 4.78 is 5.01. The van der Waals surface area contributed by atoms with Crippen molar-refractivity contribution in [3.05, 3.63) is 35.4 Å². The van der Waals surface area contributed by atoms with Crippen LogP contribution in [0.1, 0.15) is 55.3 Å². The summed E-state index contributed by atoms with van der Waals surface area (Å²) in [6, 6.07) is 7.71. The van der Waals surface area contributed by atoms with E-state index in [4.69, 9.17) is 4.74 Å². The predicted molar refractivity (Wildman–Crippen MR) is 94.5 cm³/mol. The van der Waals surface area contributed by atoms with Gasteiger partial charge in [-0.25, -0.2) is 4.79 Å². The lowest BCUT2D eigenvalue weighted by Gasteiger charge is -2.22. The average molecular weight is 329 g/mol. The molecule has 2 rings (SSSR count). The molecular weight excluding hydrogens is 302 g/mol. The molecule has 0 saturated heterocycles. The molecular formula is C20H27NO3. The van der Waals surface area contributed by atoms with Gasteiger partial charge in [0.2, 0.25) is 0 Å². The molecule has 1 fully saturated rings. The van der Waals surface area contributed by atoms with Crippen LogP contribution in [0.2, 0.25) is 0 Å². The van der Waals surface area contributed by atoms with Crippen molar-refractivity contribution in [2.24, 2.45) is 0 Å². The second kappa shape index (κ2) is 9.46. The topological polar surface area (TPSA) is 49.8 Å². The van der Waals surface area contributed by atoms with Gasteiger partial charge in [-0.15, -0.1) is 0 Å². The third-order valence-electron chi connectivity index (χ3n) is 4.36. The second-order valence-corrected chi connectivity index (χ2v) is 6.60. The van der Waals surface area contributed by atoms with Crippen molar-refractivity contribution in [2.75, 3.05) is 27.2 Å². The number of esters is 1. The van der Waals surface area contributed by atoms with Crippen LogP contribution in [-0.2, 0) is 9.53 Å². The summed E-state index contributed by atoms with van der Waals surface area (Å²) in [5, 5.41) is 10.1. The zero-order valence-corrected chi connectivity index (χ0v) is 14.6. The van der Waals surface area contributed by atoms with Gasteiger partial charge in [0.1, 0.15) is 0 Å². The molecule has 1 aliphatic carbocycles. The van der Waals surface area contributed by atoms with Crippen molar-refractivity contribution in [1.29, 1.82) is 0 Å². The third kappa shape index (κ3) is 5.67. The number of carbonyl (C=O) groups is 1. The molecule has 0 radical (unpaired) electrons. The standard InChI is InChI=1S/C20H27NO3/c1-21(2)14-6-7-15-24-20(23)19(22)18-12-10-17(11-13-18)16-8-4-3-5-9-16/h10-13,16,19,22H,3-5,8-9,14-15H2,1-2H3/t19-/m1/s1. The molecule has 24 heavy (non-hydrogen) atoms. The smallest absolute Gasteiger partial charge is 0.340 e. The molecule has 0 amide bonds. The van der Waals surface area contributed by atoms with Gasteiger partial charge < -0.3 is 9.84 Å². The van der Waals surface area contributed by atoms with Crippen LogP contribution in [0, 0.1) is 11.8 Å². The minimum atomic E-state index is -1.25. The fraction of sp³-hybridized carbons (Fsp3) is 0.550. The maximum Gasteiger partial charge on any atom is 0.340 e. The highest BCUT2D eigenvalue weighted by molar-refractivity contribution is 5.76. The van der Waals surface area contributed by atoms with E-state index in [0.717, 1.165) is 0 Å². The molecule has 4 nitrogen and oxygen atoms in total. The molecule has 1 saturated carbocycles. The second-order valence-electron chi connectivity index (χ2n) is 6.60. The SMILES string of the molecule is CN(C)CC#CCOC(=O)[C@H](O)c1ccc(C2CCCCC2)cc1. The number of ether oxygens (including phenoxy) is 1. The maximum atomic E-state index is 11.9. The average Bonchev–Trinajstić information content (AvgIpc) is 2.61. The number of benzene rings is 1. The molecule has 1 aliphatic rings. The van der Waals surface area contributed by atoms with Crippen LogP contribution in [0.4, 0.5) is 0 Å². The van der Waals surface area contributed by atoms with Crippen molar-refractivity contribution in [2.45, 2.75) is 44.1 Å². The highest BCUT2D eigenvalue weighted by atomic mass is 16.5. The quantitative estimate of drug-likeness (QED) is 0.667. The van der Waals surface area contributed by atoms with E-state index in [1.807, 2.05) is 43.3 Å². The Hall–Kier alpha value is -1.83. The Balaban J connectivity index is 1.85. The molecule has 0 spiro atoms. The van der Waals surface area contributed by atoms with Gasteiger partial charge >= 0.3 is 5.97 Å². The predicted octanol–water partition coefficient (Wildman–Crippen LogP) is 2.88. The van der Waals surface area contributed by atoms with E-state index in [0.29, 0.717) is 18.0 Å². The molecule has 0 heterocycles. The third-order valence-corrected chi connectivity index (χ3v) is 4.36. The molecule has 1 N–H and O–H groups in total. The maximum absolute atomic E-state index is 11.9. The van der Waals surface area contributed by atoms with E-state index in [9.17, 15) is 9.90 Å². The Bertz CT molecular complexity index is 577. The van der Waals surface area contributed by atoms with Crippen molar-refractivity contribution >= 4 is 5.97 Å². The van der Waals surface area contributed by atoms with Crippen LogP contribution < -0.4 is 0 Å². The van der Waals surface area contributed by atoms with Gasteiger partial charge in [-0.1, -0.05) is 55.4 Å². The fourth-order valence-electron chi connectivity index (χ4n) is 2.97. The largest absolute Gasteiger partial charge is 0.450 e. The van der Waals surface area contributed by atoms with Gasteiger partial charge in [-0.2, -0.15) is 0 Å². The van der Waals surface area contributed by atoms with Gasteiger partial charge in [0.25, 0.3) is 0 Å². The molecule has 1 aromatic rings. The number of aliphatic hydroxyl groups excluding tert-OH is 1. The summed E-state index contributed by atoms with van der Waals surface area (Å²) in [5.41, 5.74) is 1.87. The van der Waals surface area contributed by atoms with Crippen LogP contribution in [-0.4, -0.2) is 43.2 Å². The highest BCUT2D eigenvalue weighted by Crippen LogP contribution is 2.33. The lowest BCUT2D eigenvalue weighted by atomic mass is 9.84. The Kier molecular flexibility index (Phi) is 7.30. The summed E-state index contributed by atoms with van der Waals surface area (Å²) in [5.74, 6) is 5.60. The number of rotatable bonds is 5. The zero-order valence-electron chi connectivity index (χ0n) is 14.6. The number of nitrogens with zero attached hydrogens (tertiary/aromatic N) is 1. The van der Waals surface area contributed by atoms with E-state index >= 15 is 0 Å². The lowest BCUT2D eigenvalue weighted by molar-refractivity contribution is -0.152. The number of hydrogen-bond acceptors (Lipinski definition) is 4. The lowest BCUT2D eigenvalue weighted by Crippen LogP contribution is -2.16. The summed E-state index contributed by atoms with van der Waals surface area (Å²) in [7, 11) is 3.84. The van der Waals surface area contributed by atoms with Gasteiger partial charge in [0, 0.05) is 0 Å². The fourth-order valence-corrected chi connectivity index (χ4v) is 2.97. The first-order valence-corrected chi connectivity index (χ1v) is 8.63. The minimum Gasteiger partial charge on any atom is -0.450 e. The number of carbonyl (C=O) groups excluding carboxylic acids is 1. The van der Waals surface area contributed by atoms with Gasteiger partial charge in [-0.05, 0) is 44.0 Å². The first-order chi connectivity index (χ1) is 11.6. The Morgan fingerprint density at radius 1 is 1.21 bits per heavy atom. The van der Waals surface area contributed by atoms with Crippen LogP contribution >= 0.6 is 0 Å². The summed E-state index contributed by atoms with van der Waals surface area (Å²) in [4.78, 5) is 13.8. The molecule has 4 heteroatoms. The van der Waals surface area contributed by atoms with Gasteiger partial charge in [0.15, 0.2) is 12.7 Å². The van der Waals surface area contributed by atoms with Gasteiger partial charge in [-0.3, -0.25) is 4.90 Å². The summed E-state index contributed by atoms with van der Waals surface area (Å²) in [6.07, 6.45) is 5.12.